The van der Waals surface area contributed by atoms with E-state index >= 15 is 0 Å². The van der Waals surface area contributed by atoms with Gasteiger partial charge in [-0.3, -0.25) is 4.79 Å². The van der Waals surface area contributed by atoms with E-state index in [1.165, 1.54) is 6.42 Å². The summed E-state index contributed by atoms with van der Waals surface area (Å²) in [6.45, 7) is 7.17. The Bertz CT molecular complexity index is 604. The van der Waals surface area contributed by atoms with Crippen molar-refractivity contribution >= 4 is 18.0 Å². The molecule has 9 nitrogen and oxygen atoms in total. The summed E-state index contributed by atoms with van der Waals surface area (Å²) in [7, 11) is 3.46. The van der Waals surface area contributed by atoms with Crippen LogP contribution >= 0.6 is 0 Å². The molecular weight excluding hydrogens is 398 g/mol. The minimum absolute atomic E-state index is 0.0414. The molecule has 2 amide bonds. The molecule has 9 heteroatoms. The number of carbonyl (C=O) groups excluding carboxylic acids is 2. The van der Waals surface area contributed by atoms with Crippen LogP contribution in [0.3, 0.4) is 0 Å². The molecule has 0 aromatic heterocycles. The first kappa shape index (κ1) is 25.2. The quantitative estimate of drug-likeness (QED) is 0.432. The number of carbonyl (C=O) groups is 2. The Kier molecular flexibility index (Phi) is 9.87. The van der Waals surface area contributed by atoms with Gasteiger partial charge in [-0.15, -0.1) is 0 Å². The normalized spacial score (nSPS) is 24.8. The Morgan fingerprint density at radius 1 is 1.03 bits per heavy atom. The lowest BCUT2D eigenvalue weighted by atomic mass is 9.91. The number of aliphatic imine (C=N–C) groups is 1. The molecule has 3 N–H and O–H groups in total. The van der Waals surface area contributed by atoms with Gasteiger partial charge in [0.2, 0.25) is 5.91 Å². The van der Waals surface area contributed by atoms with Crippen molar-refractivity contribution in [1.29, 1.82) is 0 Å². The molecular formula is C22H41N5O4. The van der Waals surface area contributed by atoms with E-state index in [0.717, 1.165) is 45.1 Å². The van der Waals surface area contributed by atoms with Gasteiger partial charge in [-0.25, -0.2) is 9.79 Å². The van der Waals surface area contributed by atoms with Crippen molar-refractivity contribution < 1.29 is 19.1 Å². The largest absolute Gasteiger partial charge is 0.444 e. The average Bonchev–Trinajstić information content (AvgIpc) is 2.70. The predicted molar refractivity (Wildman–Crippen MR) is 121 cm³/mol. The standard InChI is InChI=1S/C22H41N5O4/c1-22(2,3)31-21(29)26-17-11-9-16(10-12-17)25-20(24-15-19(28)27(4)5)23-14-18-8-6-7-13-30-18/h16-18H,6-15H2,1-5H3,(H,26,29)(H2,23,24,25). The molecule has 0 radical (unpaired) electrons. The van der Waals surface area contributed by atoms with Crippen molar-refractivity contribution in [2.75, 3.05) is 33.8 Å². The van der Waals surface area contributed by atoms with Gasteiger partial charge in [0.15, 0.2) is 5.96 Å². The van der Waals surface area contributed by atoms with E-state index in [0.29, 0.717) is 12.5 Å². The second kappa shape index (κ2) is 12.1. The van der Waals surface area contributed by atoms with Crippen LogP contribution in [0, 0.1) is 0 Å². The molecule has 1 saturated carbocycles. The molecule has 1 unspecified atom stereocenters. The molecule has 2 fully saturated rings. The number of guanidine groups is 1. The van der Waals surface area contributed by atoms with Crippen LogP contribution in [0.1, 0.15) is 65.7 Å². The SMILES string of the molecule is CN(C)C(=O)CN=C(NCC1CCCCO1)NC1CCC(NC(=O)OC(C)(C)C)CC1. The number of ether oxygens (including phenoxy) is 2. The van der Waals surface area contributed by atoms with E-state index in [1.54, 1.807) is 19.0 Å². The Labute approximate surface area is 186 Å². The summed E-state index contributed by atoms with van der Waals surface area (Å²) < 4.78 is 11.1. The van der Waals surface area contributed by atoms with Crippen LogP contribution in [-0.2, 0) is 14.3 Å². The Morgan fingerprint density at radius 2 is 1.68 bits per heavy atom. The zero-order chi connectivity index (χ0) is 22.9. The van der Waals surface area contributed by atoms with Gasteiger partial charge in [0.25, 0.3) is 0 Å². The highest BCUT2D eigenvalue weighted by Crippen LogP contribution is 2.19. The lowest BCUT2D eigenvalue weighted by molar-refractivity contribution is -0.127. The third-order valence-electron chi connectivity index (χ3n) is 5.43. The second-order valence-corrected chi connectivity index (χ2v) is 9.66. The van der Waals surface area contributed by atoms with E-state index in [4.69, 9.17) is 9.47 Å². The molecule has 2 aliphatic rings. The number of nitrogens with one attached hydrogen (secondary N) is 3. The number of amides is 2. The maximum absolute atomic E-state index is 12.0. The first-order valence-electron chi connectivity index (χ1n) is 11.5. The molecule has 1 aliphatic carbocycles. The minimum atomic E-state index is -0.494. The highest BCUT2D eigenvalue weighted by molar-refractivity contribution is 5.85. The van der Waals surface area contributed by atoms with Crippen molar-refractivity contribution in [3.8, 4) is 0 Å². The number of hydrogen-bond donors (Lipinski definition) is 3. The Balaban J connectivity index is 1.83. The lowest BCUT2D eigenvalue weighted by Gasteiger charge is -2.32. The number of alkyl carbamates (subject to hydrolysis) is 1. The monoisotopic (exact) mass is 439 g/mol. The maximum Gasteiger partial charge on any atom is 0.407 e. The zero-order valence-electron chi connectivity index (χ0n) is 19.8. The molecule has 0 bridgehead atoms. The summed E-state index contributed by atoms with van der Waals surface area (Å²) in [5.74, 6) is 0.605. The fourth-order valence-electron chi connectivity index (χ4n) is 3.67. The van der Waals surface area contributed by atoms with Gasteiger partial charge < -0.3 is 30.3 Å². The van der Waals surface area contributed by atoms with Crippen molar-refractivity contribution in [1.82, 2.24) is 20.9 Å². The van der Waals surface area contributed by atoms with Gasteiger partial charge in [-0.05, 0) is 65.7 Å². The van der Waals surface area contributed by atoms with Gasteiger partial charge in [0, 0.05) is 39.3 Å². The van der Waals surface area contributed by atoms with Crippen molar-refractivity contribution in [2.24, 2.45) is 4.99 Å². The highest BCUT2D eigenvalue weighted by Gasteiger charge is 2.25. The minimum Gasteiger partial charge on any atom is -0.444 e. The van der Waals surface area contributed by atoms with Gasteiger partial charge in [-0.1, -0.05) is 0 Å². The summed E-state index contributed by atoms with van der Waals surface area (Å²) in [5, 5.41) is 9.79. The fraction of sp³-hybridized carbons (Fsp3) is 0.864. The van der Waals surface area contributed by atoms with Gasteiger partial charge in [0.05, 0.1) is 6.10 Å². The highest BCUT2D eigenvalue weighted by atomic mass is 16.6. The van der Waals surface area contributed by atoms with Crippen LogP contribution in [0.4, 0.5) is 4.79 Å². The summed E-state index contributed by atoms with van der Waals surface area (Å²) in [6.07, 6.45) is 6.71. The first-order chi connectivity index (χ1) is 14.6. The second-order valence-electron chi connectivity index (χ2n) is 9.66. The van der Waals surface area contributed by atoms with Crippen LogP contribution < -0.4 is 16.0 Å². The lowest BCUT2D eigenvalue weighted by Crippen LogP contribution is -2.49. The van der Waals surface area contributed by atoms with E-state index in [1.807, 2.05) is 20.8 Å². The number of rotatable bonds is 6. The molecule has 0 aromatic rings. The number of likely N-dealkylation sites (N-methyl/N-ethyl adjacent to an activating group) is 1. The Hall–Kier alpha value is -2.03. The first-order valence-corrected chi connectivity index (χ1v) is 11.5. The topological polar surface area (TPSA) is 104 Å². The van der Waals surface area contributed by atoms with Crippen molar-refractivity contribution in [3.63, 3.8) is 0 Å². The van der Waals surface area contributed by atoms with E-state index in [9.17, 15) is 9.59 Å². The van der Waals surface area contributed by atoms with E-state index in [-0.39, 0.29) is 36.7 Å². The van der Waals surface area contributed by atoms with Gasteiger partial charge in [-0.2, -0.15) is 0 Å². The third kappa shape index (κ3) is 10.2. The van der Waals surface area contributed by atoms with Crippen LogP contribution in [0.15, 0.2) is 4.99 Å². The fourth-order valence-corrected chi connectivity index (χ4v) is 3.67. The molecule has 1 heterocycles. The number of hydrogen-bond acceptors (Lipinski definition) is 5. The molecule has 2 rings (SSSR count). The summed E-state index contributed by atoms with van der Waals surface area (Å²) in [5.41, 5.74) is -0.494. The molecule has 0 aromatic carbocycles. The maximum atomic E-state index is 12.0. The summed E-state index contributed by atoms with van der Waals surface area (Å²) >= 11 is 0. The molecule has 1 aliphatic heterocycles. The summed E-state index contributed by atoms with van der Waals surface area (Å²) in [6, 6.07) is 0.358. The molecule has 31 heavy (non-hydrogen) atoms. The molecule has 0 spiro atoms. The van der Waals surface area contributed by atoms with E-state index in [2.05, 4.69) is 20.9 Å². The summed E-state index contributed by atoms with van der Waals surface area (Å²) in [4.78, 5) is 30.0. The van der Waals surface area contributed by atoms with Gasteiger partial charge >= 0.3 is 6.09 Å². The van der Waals surface area contributed by atoms with E-state index < -0.39 is 5.60 Å². The predicted octanol–water partition coefficient (Wildman–Crippen LogP) is 2.01. The van der Waals surface area contributed by atoms with Gasteiger partial charge in [0.1, 0.15) is 12.1 Å². The Morgan fingerprint density at radius 3 is 2.23 bits per heavy atom. The molecule has 1 saturated heterocycles. The van der Waals surface area contributed by atoms with Crippen LogP contribution in [-0.4, -0.2) is 80.4 Å². The average molecular weight is 440 g/mol. The zero-order valence-corrected chi connectivity index (χ0v) is 19.8. The smallest absolute Gasteiger partial charge is 0.407 e. The van der Waals surface area contributed by atoms with Crippen LogP contribution in [0.25, 0.3) is 0 Å². The van der Waals surface area contributed by atoms with Crippen molar-refractivity contribution in [2.45, 2.75) is 89.5 Å². The molecule has 178 valence electrons. The molecule has 1 atom stereocenters. The third-order valence-corrected chi connectivity index (χ3v) is 5.43. The number of nitrogens with zero attached hydrogens (tertiary/aromatic N) is 2. The van der Waals surface area contributed by atoms with Crippen LogP contribution in [0.2, 0.25) is 0 Å². The van der Waals surface area contributed by atoms with Crippen molar-refractivity contribution in [3.05, 3.63) is 0 Å². The van der Waals surface area contributed by atoms with Crippen LogP contribution in [0.5, 0.6) is 0 Å².